The maximum Gasteiger partial charge on any atom is 0.270 e. The van der Waals surface area contributed by atoms with Gasteiger partial charge in [0.05, 0.1) is 6.10 Å². The maximum absolute atomic E-state index is 12.1. The SMILES string of the molecule is Cc1ccc(-c2nc(C(=O)NCC3CNCC3O)cs2)cc1.Cl.Cl. The minimum Gasteiger partial charge on any atom is -0.391 e. The third kappa shape index (κ3) is 4.91. The monoisotopic (exact) mass is 389 g/mol. The zero-order chi connectivity index (χ0) is 15.5. The van der Waals surface area contributed by atoms with Crippen LogP contribution in [0, 0.1) is 12.8 Å². The molecule has 0 radical (unpaired) electrons. The molecule has 3 N–H and O–H groups in total. The summed E-state index contributed by atoms with van der Waals surface area (Å²) in [4.78, 5) is 16.5. The van der Waals surface area contributed by atoms with Gasteiger partial charge in [-0.25, -0.2) is 4.98 Å². The van der Waals surface area contributed by atoms with Gasteiger partial charge in [0.1, 0.15) is 10.7 Å². The van der Waals surface area contributed by atoms with E-state index in [4.69, 9.17) is 0 Å². The van der Waals surface area contributed by atoms with E-state index >= 15 is 0 Å². The second-order valence-corrected chi connectivity index (χ2v) is 6.46. The number of halogens is 2. The van der Waals surface area contributed by atoms with Crippen LogP contribution in [0.25, 0.3) is 10.6 Å². The summed E-state index contributed by atoms with van der Waals surface area (Å²) in [6, 6.07) is 8.09. The van der Waals surface area contributed by atoms with E-state index in [0.717, 1.165) is 17.1 Å². The molecule has 2 heterocycles. The lowest BCUT2D eigenvalue weighted by Gasteiger charge is -2.13. The van der Waals surface area contributed by atoms with Gasteiger partial charge in [0.2, 0.25) is 0 Å². The van der Waals surface area contributed by atoms with Crippen LogP contribution < -0.4 is 10.6 Å². The molecule has 1 aromatic heterocycles. The average Bonchev–Trinajstić information content (AvgIpc) is 3.15. The summed E-state index contributed by atoms with van der Waals surface area (Å²) in [5.41, 5.74) is 2.65. The number of β-amino-alcohol motifs (C(OH)–C–C–N with tert-alkyl or cyclic N) is 1. The first-order chi connectivity index (χ1) is 10.6. The molecule has 0 saturated carbocycles. The van der Waals surface area contributed by atoms with E-state index in [9.17, 15) is 9.90 Å². The number of aliphatic hydroxyl groups excluding tert-OH is 1. The molecule has 0 aliphatic carbocycles. The predicted octanol–water partition coefficient (Wildman–Crippen LogP) is 2.27. The number of hydrogen-bond acceptors (Lipinski definition) is 5. The largest absolute Gasteiger partial charge is 0.391 e. The van der Waals surface area contributed by atoms with E-state index in [1.54, 1.807) is 5.38 Å². The number of nitrogens with zero attached hydrogens (tertiary/aromatic N) is 1. The second-order valence-electron chi connectivity index (χ2n) is 5.60. The fourth-order valence-electron chi connectivity index (χ4n) is 2.45. The average molecular weight is 390 g/mol. The van der Waals surface area contributed by atoms with Gasteiger partial charge in [-0.2, -0.15) is 0 Å². The number of carbonyl (C=O) groups excluding carboxylic acids is 1. The molecule has 1 amide bonds. The smallest absolute Gasteiger partial charge is 0.270 e. The van der Waals surface area contributed by atoms with Gasteiger partial charge in [0.15, 0.2) is 0 Å². The van der Waals surface area contributed by atoms with E-state index in [1.165, 1.54) is 16.9 Å². The molecule has 2 aromatic rings. The summed E-state index contributed by atoms with van der Waals surface area (Å²) in [7, 11) is 0. The van der Waals surface area contributed by atoms with Crippen LogP contribution in [0.2, 0.25) is 0 Å². The molecule has 2 atom stereocenters. The van der Waals surface area contributed by atoms with Crippen molar-refractivity contribution in [3.63, 3.8) is 0 Å². The minimum absolute atomic E-state index is 0. The molecule has 1 aliphatic rings. The number of aryl methyl sites for hydroxylation is 1. The van der Waals surface area contributed by atoms with Crippen molar-refractivity contribution >= 4 is 42.1 Å². The molecule has 1 saturated heterocycles. The molecule has 1 aromatic carbocycles. The Labute approximate surface area is 157 Å². The second kappa shape index (κ2) is 9.34. The molecule has 3 rings (SSSR count). The highest BCUT2D eigenvalue weighted by atomic mass is 35.5. The number of carbonyl (C=O) groups is 1. The van der Waals surface area contributed by atoms with E-state index in [-0.39, 0.29) is 42.7 Å². The number of thiazole rings is 1. The zero-order valence-corrected chi connectivity index (χ0v) is 15.6. The highest BCUT2D eigenvalue weighted by Gasteiger charge is 2.25. The number of aromatic nitrogens is 1. The van der Waals surface area contributed by atoms with Gasteiger partial charge in [-0.1, -0.05) is 29.8 Å². The van der Waals surface area contributed by atoms with Crippen molar-refractivity contribution in [3.05, 3.63) is 40.9 Å². The summed E-state index contributed by atoms with van der Waals surface area (Å²) in [6.45, 7) is 3.82. The lowest BCUT2D eigenvalue weighted by molar-refractivity contribution is 0.0923. The van der Waals surface area contributed by atoms with Gasteiger partial charge in [0, 0.05) is 36.5 Å². The first-order valence-electron chi connectivity index (χ1n) is 7.33. The molecule has 2 unspecified atom stereocenters. The van der Waals surface area contributed by atoms with Crippen molar-refractivity contribution in [3.8, 4) is 10.6 Å². The molecule has 132 valence electrons. The number of benzene rings is 1. The Kier molecular flexibility index (Phi) is 8.12. The molecule has 8 heteroatoms. The van der Waals surface area contributed by atoms with Crippen molar-refractivity contribution in [1.29, 1.82) is 0 Å². The summed E-state index contributed by atoms with van der Waals surface area (Å²) in [6.07, 6.45) is -0.390. The summed E-state index contributed by atoms with van der Waals surface area (Å²) in [5.74, 6) is -0.118. The van der Waals surface area contributed by atoms with Crippen LogP contribution in [0.3, 0.4) is 0 Å². The quantitative estimate of drug-likeness (QED) is 0.749. The van der Waals surface area contributed by atoms with Gasteiger partial charge < -0.3 is 15.7 Å². The Bertz CT molecular complexity index is 664. The molecule has 1 fully saturated rings. The van der Waals surface area contributed by atoms with E-state index < -0.39 is 0 Å². The number of rotatable bonds is 4. The Morgan fingerprint density at radius 2 is 2.04 bits per heavy atom. The zero-order valence-electron chi connectivity index (χ0n) is 13.2. The van der Waals surface area contributed by atoms with Crippen molar-refractivity contribution in [1.82, 2.24) is 15.6 Å². The van der Waals surface area contributed by atoms with E-state index in [2.05, 4.69) is 15.6 Å². The van der Waals surface area contributed by atoms with Crippen LogP contribution >= 0.6 is 36.2 Å². The fourth-order valence-corrected chi connectivity index (χ4v) is 3.25. The predicted molar refractivity (Wildman–Crippen MR) is 101 cm³/mol. The first kappa shape index (κ1) is 20.9. The third-order valence-electron chi connectivity index (χ3n) is 3.86. The molecule has 24 heavy (non-hydrogen) atoms. The molecular weight excluding hydrogens is 369 g/mol. The molecule has 0 spiro atoms. The van der Waals surface area contributed by atoms with Gasteiger partial charge in [-0.3, -0.25) is 4.79 Å². The van der Waals surface area contributed by atoms with Gasteiger partial charge in [-0.05, 0) is 6.92 Å². The lowest BCUT2D eigenvalue weighted by Crippen LogP contribution is -2.34. The summed E-state index contributed by atoms with van der Waals surface area (Å²) < 4.78 is 0. The first-order valence-corrected chi connectivity index (χ1v) is 8.21. The van der Waals surface area contributed by atoms with Crippen molar-refractivity contribution < 1.29 is 9.90 Å². The van der Waals surface area contributed by atoms with Crippen LogP contribution in [0.15, 0.2) is 29.6 Å². The Morgan fingerprint density at radius 1 is 1.33 bits per heavy atom. The van der Waals surface area contributed by atoms with Crippen LogP contribution in [0.1, 0.15) is 16.1 Å². The molecular formula is C16H21Cl2N3O2S. The molecule has 0 bridgehead atoms. The number of amides is 1. The van der Waals surface area contributed by atoms with Crippen molar-refractivity contribution in [2.24, 2.45) is 5.92 Å². The normalized spacial score (nSPS) is 19.2. The van der Waals surface area contributed by atoms with E-state index in [0.29, 0.717) is 18.8 Å². The van der Waals surface area contributed by atoms with Gasteiger partial charge in [-0.15, -0.1) is 36.2 Å². The summed E-state index contributed by atoms with van der Waals surface area (Å²) >= 11 is 1.46. The Balaban J connectivity index is 0.00000144. The van der Waals surface area contributed by atoms with E-state index in [1.807, 2.05) is 31.2 Å². The number of hydrogen-bond donors (Lipinski definition) is 3. The number of nitrogens with one attached hydrogen (secondary N) is 2. The molecule has 5 nitrogen and oxygen atoms in total. The maximum atomic E-state index is 12.1. The topological polar surface area (TPSA) is 74.2 Å². The van der Waals surface area contributed by atoms with Crippen LogP contribution in [0.5, 0.6) is 0 Å². The molecule has 1 aliphatic heterocycles. The van der Waals surface area contributed by atoms with Gasteiger partial charge in [0.25, 0.3) is 5.91 Å². The van der Waals surface area contributed by atoms with Crippen LogP contribution in [-0.2, 0) is 0 Å². The van der Waals surface area contributed by atoms with Crippen molar-refractivity contribution in [2.75, 3.05) is 19.6 Å². The Morgan fingerprint density at radius 3 is 2.67 bits per heavy atom. The van der Waals surface area contributed by atoms with Crippen molar-refractivity contribution in [2.45, 2.75) is 13.0 Å². The highest BCUT2D eigenvalue weighted by molar-refractivity contribution is 7.13. The lowest BCUT2D eigenvalue weighted by atomic mass is 10.1. The minimum atomic E-state index is -0.390. The standard InChI is InChI=1S/C16H19N3O2S.2ClH/c1-10-2-4-11(5-3-10)16-19-13(9-22-16)15(21)18-7-12-6-17-8-14(12)20;;/h2-5,9,12,14,17,20H,6-8H2,1H3,(H,18,21);2*1H. The third-order valence-corrected chi connectivity index (χ3v) is 4.76. The fraction of sp³-hybridized carbons (Fsp3) is 0.375. The summed E-state index contributed by atoms with van der Waals surface area (Å²) in [5, 5.41) is 18.3. The highest BCUT2D eigenvalue weighted by Crippen LogP contribution is 2.24. The Hall–Kier alpha value is -1.18. The van der Waals surface area contributed by atoms with Crippen LogP contribution in [0.4, 0.5) is 0 Å². The van der Waals surface area contributed by atoms with Crippen LogP contribution in [-0.4, -0.2) is 41.7 Å². The number of aliphatic hydroxyl groups is 1. The van der Waals surface area contributed by atoms with Gasteiger partial charge >= 0.3 is 0 Å².